The molecule has 2 atom stereocenters. The Morgan fingerprint density at radius 2 is 2.17 bits per heavy atom. The molecule has 2 unspecified atom stereocenters. The van der Waals surface area contributed by atoms with Crippen LogP contribution >= 0.6 is 0 Å². The van der Waals surface area contributed by atoms with Gasteiger partial charge in [-0.2, -0.15) is 0 Å². The molecule has 0 radical (unpaired) electrons. The average Bonchev–Trinajstić information content (AvgIpc) is 2.81. The highest BCUT2D eigenvalue weighted by Crippen LogP contribution is 2.15. The van der Waals surface area contributed by atoms with Crippen LogP contribution in [0.2, 0.25) is 0 Å². The van der Waals surface area contributed by atoms with E-state index in [2.05, 4.69) is 15.6 Å². The molecule has 1 aromatic rings. The van der Waals surface area contributed by atoms with E-state index < -0.39 is 28.0 Å². The van der Waals surface area contributed by atoms with Crippen LogP contribution in [0.25, 0.3) is 0 Å². The van der Waals surface area contributed by atoms with Gasteiger partial charge in [0, 0.05) is 25.9 Å². The number of carbonyl (C=O) groups excluding carboxylic acids is 1. The molecule has 1 aliphatic heterocycles. The molecule has 0 spiro atoms. The Morgan fingerprint density at radius 3 is 2.87 bits per heavy atom. The van der Waals surface area contributed by atoms with Crippen molar-refractivity contribution in [1.29, 1.82) is 0 Å². The Hall–Kier alpha value is -1.87. The van der Waals surface area contributed by atoms with Gasteiger partial charge in [0.25, 0.3) is 0 Å². The standard InChI is InChI=1S/C14H21N3O5S/c1-21-12-9-23(19,20)8-11(12)17-14(18)16-6-4-10-3-5-15-13(7-10)22-2/h3,5,7,11-12H,4,6,8-9H2,1-2H3,(H2,16,17,18). The first-order chi connectivity index (χ1) is 10.9. The quantitative estimate of drug-likeness (QED) is 0.737. The van der Waals surface area contributed by atoms with Gasteiger partial charge in [0.15, 0.2) is 9.84 Å². The number of sulfone groups is 1. The molecule has 9 heteroatoms. The van der Waals surface area contributed by atoms with Crippen LogP contribution in [0.3, 0.4) is 0 Å². The van der Waals surface area contributed by atoms with Crippen molar-refractivity contribution in [3.05, 3.63) is 23.9 Å². The lowest BCUT2D eigenvalue weighted by Crippen LogP contribution is -2.48. The van der Waals surface area contributed by atoms with Crippen LogP contribution in [0.1, 0.15) is 5.56 Å². The molecule has 1 aromatic heterocycles. The monoisotopic (exact) mass is 343 g/mol. The summed E-state index contributed by atoms with van der Waals surface area (Å²) in [5, 5.41) is 5.36. The number of rotatable bonds is 6. The van der Waals surface area contributed by atoms with E-state index in [0.717, 1.165) is 5.56 Å². The lowest BCUT2D eigenvalue weighted by atomic mass is 10.2. The first kappa shape index (κ1) is 17.5. The van der Waals surface area contributed by atoms with Gasteiger partial charge < -0.3 is 20.1 Å². The number of methoxy groups -OCH3 is 2. The highest BCUT2D eigenvalue weighted by Gasteiger charge is 2.38. The smallest absolute Gasteiger partial charge is 0.315 e. The van der Waals surface area contributed by atoms with Crippen LogP contribution < -0.4 is 15.4 Å². The van der Waals surface area contributed by atoms with Crippen LogP contribution in [0.4, 0.5) is 4.79 Å². The van der Waals surface area contributed by atoms with Crippen molar-refractivity contribution in [3.63, 3.8) is 0 Å². The molecule has 1 saturated heterocycles. The number of nitrogens with one attached hydrogen (secondary N) is 2. The van der Waals surface area contributed by atoms with Crippen molar-refractivity contribution in [2.75, 3.05) is 32.3 Å². The summed E-state index contributed by atoms with van der Waals surface area (Å²) in [6.45, 7) is 0.413. The number of aromatic nitrogens is 1. The Kier molecular flexibility index (Phi) is 5.78. The van der Waals surface area contributed by atoms with Gasteiger partial charge >= 0.3 is 6.03 Å². The minimum atomic E-state index is -3.16. The summed E-state index contributed by atoms with van der Waals surface area (Å²) in [5.41, 5.74) is 0.982. The van der Waals surface area contributed by atoms with E-state index in [-0.39, 0.29) is 11.5 Å². The van der Waals surface area contributed by atoms with Crippen molar-refractivity contribution in [2.24, 2.45) is 0 Å². The number of nitrogens with zero attached hydrogens (tertiary/aromatic N) is 1. The number of ether oxygens (including phenoxy) is 2. The lowest BCUT2D eigenvalue weighted by Gasteiger charge is -2.18. The summed E-state index contributed by atoms with van der Waals surface area (Å²) < 4.78 is 33.3. The molecule has 2 N–H and O–H groups in total. The van der Waals surface area contributed by atoms with E-state index in [1.54, 1.807) is 19.4 Å². The van der Waals surface area contributed by atoms with E-state index in [0.29, 0.717) is 18.8 Å². The third-order valence-corrected chi connectivity index (χ3v) is 5.33. The van der Waals surface area contributed by atoms with Gasteiger partial charge in [0.2, 0.25) is 5.88 Å². The van der Waals surface area contributed by atoms with E-state index in [1.165, 1.54) is 7.11 Å². The highest BCUT2D eigenvalue weighted by atomic mass is 32.2. The van der Waals surface area contributed by atoms with Crippen molar-refractivity contribution < 1.29 is 22.7 Å². The second-order valence-corrected chi connectivity index (χ2v) is 7.47. The summed E-state index contributed by atoms with van der Waals surface area (Å²) in [5.74, 6) is 0.359. The molecule has 2 amide bonds. The van der Waals surface area contributed by atoms with Gasteiger partial charge in [-0.05, 0) is 18.1 Å². The van der Waals surface area contributed by atoms with E-state index in [4.69, 9.17) is 9.47 Å². The van der Waals surface area contributed by atoms with Crippen LogP contribution in [0.5, 0.6) is 5.88 Å². The minimum Gasteiger partial charge on any atom is -0.481 e. The molecule has 2 rings (SSSR count). The molecular formula is C14H21N3O5S. The molecular weight excluding hydrogens is 322 g/mol. The van der Waals surface area contributed by atoms with E-state index in [1.807, 2.05) is 6.07 Å². The Labute approximate surface area is 135 Å². The molecule has 8 nitrogen and oxygen atoms in total. The third kappa shape index (κ3) is 5.07. The van der Waals surface area contributed by atoms with Gasteiger partial charge in [-0.3, -0.25) is 0 Å². The number of amides is 2. The number of hydrogen-bond donors (Lipinski definition) is 2. The molecule has 23 heavy (non-hydrogen) atoms. The fourth-order valence-corrected chi connectivity index (χ4v) is 4.29. The number of pyridine rings is 1. The summed E-state index contributed by atoms with van der Waals surface area (Å²) in [7, 11) is -0.181. The zero-order valence-corrected chi connectivity index (χ0v) is 13.9. The predicted octanol–water partition coefficient (Wildman–Crippen LogP) is -0.256. The van der Waals surface area contributed by atoms with Crippen molar-refractivity contribution in [3.8, 4) is 5.88 Å². The largest absolute Gasteiger partial charge is 0.481 e. The van der Waals surface area contributed by atoms with Gasteiger partial charge in [0.05, 0.1) is 30.8 Å². The SMILES string of the molecule is COc1cc(CCNC(=O)NC2CS(=O)(=O)CC2OC)ccn1. The highest BCUT2D eigenvalue weighted by molar-refractivity contribution is 7.91. The predicted molar refractivity (Wildman–Crippen MR) is 84.3 cm³/mol. The fourth-order valence-electron chi connectivity index (χ4n) is 2.44. The zero-order valence-electron chi connectivity index (χ0n) is 13.1. The second kappa shape index (κ2) is 7.60. The Balaban J connectivity index is 1.79. The number of carbonyl (C=O) groups is 1. The van der Waals surface area contributed by atoms with Crippen molar-refractivity contribution in [2.45, 2.75) is 18.6 Å². The van der Waals surface area contributed by atoms with Gasteiger partial charge in [-0.25, -0.2) is 18.2 Å². The molecule has 0 saturated carbocycles. The van der Waals surface area contributed by atoms with Gasteiger partial charge in [-0.15, -0.1) is 0 Å². The fraction of sp³-hybridized carbons (Fsp3) is 0.571. The summed E-state index contributed by atoms with van der Waals surface area (Å²) in [6.07, 6.45) is 1.75. The molecule has 1 fully saturated rings. The lowest BCUT2D eigenvalue weighted by molar-refractivity contribution is 0.101. The zero-order chi connectivity index (χ0) is 16.9. The number of urea groups is 1. The topological polar surface area (TPSA) is 107 Å². The first-order valence-electron chi connectivity index (χ1n) is 7.20. The van der Waals surface area contributed by atoms with Gasteiger partial charge in [-0.1, -0.05) is 0 Å². The van der Waals surface area contributed by atoms with Crippen LogP contribution in [0, 0.1) is 0 Å². The Bertz CT molecular complexity index is 650. The average molecular weight is 343 g/mol. The maximum Gasteiger partial charge on any atom is 0.315 e. The molecule has 1 aliphatic rings. The summed E-state index contributed by atoms with van der Waals surface area (Å²) in [4.78, 5) is 15.9. The molecule has 0 aromatic carbocycles. The van der Waals surface area contributed by atoms with Gasteiger partial charge in [0.1, 0.15) is 0 Å². The number of hydrogen-bond acceptors (Lipinski definition) is 6. The maximum atomic E-state index is 11.9. The third-order valence-electron chi connectivity index (χ3n) is 3.63. The van der Waals surface area contributed by atoms with E-state index >= 15 is 0 Å². The Morgan fingerprint density at radius 1 is 1.39 bits per heavy atom. The van der Waals surface area contributed by atoms with E-state index in [9.17, 15) is 13.2 Å². The maximum absolute atomic E-state index is 11.9. The normalized spacial score (nSPS) is 22.5. The molecule has 0 aliphatic carbocycles. The van der Waals surface area contributed by atoms with Crippen LogP contribution in [0.15, 0.2) is 18.3 Å². The second-order valence-electron chi connectivity index (χ2n) is 5.31. The van der Waals surface area contributed by atoms with Crippen LogP contribution in [-0.2, 0) is 21.0 Å². The summed E-state index contributed by atoms with van der Waals surface area (Å²) >= 11 is 0. The first-order valence-corrected chi connectivity index (χ1v) is 9.02. The molecule has 128 valence electrons. The minimum absolute atomic E-state index is 0.0642. The van der Waals surface area contributed by atoms with Crippen molar-refractivity contribution in [1.82, 2.24) is 15.6 Å². The summed E-state index contributed by atoms with van der Waals surface area (Å²) in [6, 6.07) is 2.71. The van der Waals surface area contributed by atoms with Crippen LogP contribution in [-0.4, -0.2) is 63.8 Å². The molecule has 2 heterocycles. The van der Waals surface area contributed by atoms with Crippen molar-refractivity contribution >= 4 is 15.9 Å². The molecule has 0 bridgehead atoms.